The first kappa shape index (κ1) is 12.5. The zero-order valence-electron chi connectivity index (χ0n) is 9.35. The molecule has 0 spiro atoms. The topological polar surface area (TPSA) is 110 Å². The molecule has 1 amide bonds. The maximum Gasteiger partial charge on any atom is 0.273 e. The van der Waals surface area contributed by atoms with Gasteiger partial charge in [-0.25, -0.2) is 15.0 Å². The van der Waals surface area contributed by atoms with Gasteiger partial charge in [0.1, 0.15) is 4.60 Å². The number of nitrogens with two attached hydrogens (primary N) is 1. The van der Waals surface area contributed by atoms with Gasteiger partial charge < -0.3 is 16.0 Å². The molecule has 2 aromatic rings. The molecule has 0 atom stereocenters. The van der Waals surface area contributed by atoms with Gasteiger partial charge in [-0.05, 0) is 15.9 Å². The first-order valence-electron chi connectivity index (χ1n) is 5.20. The van der Waals surface area contributed by atoms with Crippen molar-refractivity contribution < 1.29 is 4.79 Å². The van der Waals surface area contributed by atoms with Gasteiger partial charge in [-0.2, -0.15) is 0 Å². The fourth-order valence-electron chi connectivity index (χ4n) is 1.36. The Morgan fingerprint density at radius 2 is 2.33 bits per heavy atom. The van der Waals surface area contributed by atoms with Crippen molar-refractivity contribution in [3.63, 3.8) is 0 Å². The Morgan fingerprint density at radius 1 is 1.50 bits per heavy atom. The molecule has 0 aliphatic carbocycles. The maximum absolute atomic E-state index is 11.8. The number of amides is 1. The van der Waals surface area contributed by atoms with Gasteiger partial charge in [-0.1, -0.05) is 0 Å². The van der Waals surface area contributed by atoms with Gasteiger partial charge in [0.2, 0.25) is 0 Å². The number of anilines is 1. The van der Waals surface area contributed by atoms with Crippen LogP contribution in [0.1, 0.15) is 16.2 Å². The van der Waals surface area contributed by atoms with Crippen molar-refractivity contribution in [2.45, 2.75) is 6.42 Å². The Kier molecular flexibility index (Phi) is 3.88. The summed E-state index contributed by atoms with van der Waals surface area (Å²) in [6, 6.07) is 0. The van der Waals surface area contributed by atoms with E-state index in [0.717, 1.165) is 5.69 Å². The molecule has 7 nitrogen and oxygen atoms in total. The third-order valence-corrected chi connectivity index (χ3v) is 2.59. The van der Waals surface area contributed by atoms with Gasteiger partial charge in [0.15, 0.2) is 11.5 Å². The number of aromatic amines is 1. The number of nitrogen functional groups attached to an aromatic ring is 1. The largest absolute Gasteiger partial charge is 0.382 e. The van der Waals surface area contributed by atoms with Crippen LogP contribution in [-0.2, 0) is 6.42 Å². The van der Waals surface area contributed by atoms with Crippen molar-refractivity contribution in [2.75, 3.05) is 12.3 Å². The number of hydrogen-bond acceptors (Lipinski definition) is 5. The average Bonchev–Trinajstić information content (AvgIpc) is 2.85. The van der Waals surface area contributed by atoms with E-state index in [9.17, 15) is 4.79 Å². The van der Waals surface area contributed by atoms with Gasteiger partial charge in [-0.3, -0.25) is 4.79 Å². The molecule has 0 aliphatic rings. The van der Waals surface area contributed by atoms with E-state index in [-0.39, 0.29) is 17.4 Å². The number of imidazole rings is 1. The third-order valence-electron chi connectivity index (χ3n) is 2.21. The monoisotopic (exact) mass is 310 g/mol. The second-order valence-corrected chi connectivity index (χ2v) is 4.31. The van der Waals surface area contributed by atoms with Crippen LogP contribution in [0.15, 0.2) is 23.3 Å². The van der Waals surface area contributed by atoms with Gasteiger partial charge in [-0.15, -0.1) is 0 Å². The molecule has 0 unspecified atom stereocenters. The molecule has 2 rings (SSSR count). The molecule has 18 heavy (non-hydrogen) atoms. The summed E-state index contributed by atoms with van der Waals surface area (Å²) < 4.78 is 0.467. The van der Waals surface area contributed by atoms with Crippen molar-refractivity contribution in [1.82, 2.24) is 25.3 Å². The summed E-state index contributed by atoms with van der Waals surface area (Å²) in [6.07, 6.45) is 5.45. The van der Waals surface area contributed by atoms with E-state index in [1.807, 2.05) is 0 Å². The molecule has 2 aromatic heterocycles. The molecule has 0 aromatic carbocycles. The Balaban J connectivity index is 1.93. The fourth-order valence-corrected chi connectivity index (χ4v) is 1.64. The summed E-state index contributed by atoms with van der Waals surface area (Å²) in [5.41, 5.74) is 6.58. The lowest BCUT2D eigenvalue weighted by molar-refractivity contribution is 0.0949. The minimum absolute atomic E-state index is 0.107. The summed E-state index contributed by atoms with van der Waals surface area (Å²) in [7, 11) is 0. The number of nitrogens with zero attached hydrogens (tertiary/aromatic N) is 3. The SMILES string of the molecule is Nc1ncc(Br)nc1C(=O)NCCc1c[nH]cn1. The third kappa shape index (κ3) is 3.04. The van der Waals surface area contributed by atoms with E-state index in [4.69, 9.17) is 5.73 Å². The van der Waals surface area contributed by atoms with Gasteiger partial charge in [0.05, 0.1) is 18.2 Å². The molecule has 0 aliphatic heterocycles. The molecule has 0 saturated carbocycles. The van der Waals surface area contributed by atoms with Gasteiger partial charge in [0.25, 0.3) is 5.91 Å². The maximum atomic E-state index is 11.8. The molecule has 0 saturated heterocycles. The van der Waals surface area contributed by atoms with E-state index in [1.165, 1.54) is 6.20 Å². The van der Waals surface area contributed by atoms with Crippen molar-refractivity contribution in [1.29, 1.82) is 0 Å². The van der Waals surface area contributed by atoms with E-state index in [1.54, 1.807) is 12.5 Å². The molecule has 0 bridgehead atoms. The Bertz CT molecular complexity index is 541. The molecule has 2 heterocycles. The Morgan fingerprint density at radius 3 is 3.06 bits per heavy atom. The number of halogens is 1. The average molecular weight is 311 g/mol. The van der Waals surface area contributed by atoms with Crippen molar-refractivity contribution in [3.8, 4) is 0 Å². The van der Waals surface area contributed by atoms with E-state index in [0.29, 0.717) is 17.6 Å². The lowest BCUT2D eigenvalue weighted by Crippen LogP contribution is -2.27. The number of carbonyl (C=O) groups excluding carboxylic acids is 1. The highest BCUT2D eigenvalue weighted by atomic mass is 79.9. The van der Waals surface area contributed by atoms with Crippen molar-refractivity contribution >= 4 is 27.7 Å². The number of hydrogen-bond donors (Lipinski definition) is 3. The van der Waals surface area contributed by atoms with Gasteiger partial charge >= 0.3 is 0 Å². The molecule has 94 valence electrons. The predicted molar refractivity (Wildman–Crippen MR) is 68.8 cm³/mol. The summed E-state index contributed by atoms with van der Waals surface area (Å²) in [5.74, 6) is -0.243. The van der Waals surface area contributed by atoms with Crippen LogP contribution in [0.25, 0.3) is 0 Å². The number of H-pyrrole nitrogens is 1. The number of rotatable bonds is 4. The standard InChI is InChI=1S/C10H11BrN6O/c11-7-4-15-9(12)8(17-7)10(18)14-2-1-6-3-13-5-16-6/h3-5H,1-2H2,(H2,12,15)(H,13,16)(H,14,18). The van der Waals surface area contributed by atoms with E-state index >= 15 is 0 Å². The van der Waals surface area contributed by atoms with Crippen LogP contribution in [0.3, 0.4) is 0 Å². The second-order valence-electron chi connectivity index (χ2n) is 3.49. The van der Waals surface area contributed by atoms with Crippen LogP contribution < -0.4 is 11.1 Å². The zero-order chi connectivity index (χ0) is 13.0. The number of carbonyl (C=O) groups is 1. The highest BCUT2D eigenvalue weighted by Crippen LogP contribution is 2.10. The highest BCUT2D eigenvalue weighted by molar-refractivity contribution is 9.10. The quantitative estimate of drug-likeness (QED) is 0.762. The van der Waals surface area contributed by atoms with Crippen LogP contribution in [0.4, 0.5) is 5.82 Å². The molecule has 0 fully saturated rings. The summed E-state index contributed by atoms with van der Waals surface area (Å²) in [6.45, 7) is 0.456. The molecular weight excluding hydrogens is 300 g/mol. The Labute approximate surface area is 111 Å². The first-order chi connectivity index (χ1) is 8.66. The van der Waals surface area contributed by atoms with Crippen LogP contribution in [-0.4, -0.2) is 32.4 Å². The van der Waals surface area contributed by atoms with Gasteiger partial charge in [0, 0.05) is 19.2 Å². The zero-order valence-corrected chi connectivity index (χ0v) is 10.9. The van der Waals surface area contributed by atoms with Crippen LogP contribution in [0.2, 0.25) is 0 Å². The lowest BCUT2D eigenvalue weighted by Gasteiger charge is -2.05. The summed E-state index contributed by atoms with van der Waals surface area (Å²) in [4.78, 5) is 26.5. The summed E-state index contributed by atoms with van der Waals surface area (Å²) in [5, 5.41) is 2.71. The van der Waals surface area contributed by atoms with Crippen LogP contribution in [0, 0.1) is 0 Å². The number of nitrogens with one attached hydrogen (secondary N) is 2. The highest BCUT2D eigenvalue weighted by Gasteiger charge is 2.12. The smallest absolute Gasteiger partial charge is 0.273 e. The molecule has 8 heteroatoms. The first-order valence-corrected chi connectivity index (χ1v) is 6.00. The van der Waals surface area contributed by atoms with Crippen LogP contribution >= 0.6 is 15.9 Å². The number of aromatic nitrogens is 4. The molecule has 4 N–H and O–H groups in total. The van der Waals surface area contributed by atoms with Crippen molar-refractivity contribution in [3.05, 3.63) is 34.7 Å². The van der Waals surface area contributed by atoms with Crippen LogP contribution in [0.5, 0.6) is 0 Å². The van der Waals surface area contributed by atoms with E-state index < -0.39 is 0 Å². The fraction of sp³-hybridized carbons (Fsp3) is 0.200. The summed E-state index contributed by atoms with van der Waals surface area (Å²) >= 11 is 3.14. The lowest BCUT2D eigenvalue weighted by atomic mass is 10.3. The van der Waals surface area contributed by atoms with E-state index in [2.05, 4.69) is 41.2 Å². The minimum atomic E-state index is -0.350. The molecule has 0 radical (unpaired) electrons. The van der Waals surface area contributed by atoms with Crippen molar-refractivity contribution in [2.24, 2.45) is 0 Å². The molecular formula is C10H11BrN6O. The normalized spacial score (nSPS) is 10.3. The minimum Gasteiger partial charge on any atom is -0.382 e. The second kappa shape index (κ2) is 5.58. The predicted octanol–water partition coefficient (Wildman–Crippen LogP) is 0.517. The Hall–Kier alpha value is -1.96.